The van der Waals surface area contributed by atoms with Crippen LogP contribution in [0.3, 0.4) is 0 Å². The molecule has 88 valence electrons. The maximum absolute atomic E-state index is 12.0. The molecular weight excluding hydrogens is 200 g/mol. The summed E-state index contributed by atoms with van der Waals surface area (Å²) in [6.07, 6.45) is 1.99. The number of hydrogen-bond acceptors (Lipinski definition) is 2. The molecule has 0 fully saturated rings. The molecule has 1 unspecified atom stereocenters. The monoisotopic (exact) mass is 220 g/mol. The fraction of sp³-hybridized carbons (Fsp3) is 0.462. The minimum absolute atomic E-state index is 0.0142. The Morgan fingerprint density at radius 2 is 2.00 bits per heavy atom. The zero-order valence-corrected chi connectivity index (χ0v) is 10.0. The molecule has 0 saturated heterocycles. The standard InChI is InChI=1S/C13H20N2O/c1-3-4-10-15(14)13(16)11(2)12-8-6-5-7-9-12/h5-9,11H,3-4,10,14H2,1-2H3. The van der Waals surface area contributed by atoms with Crippen LogP contribution in [0.15, 0.2) is 30.3 Å². The summed E-state index contributed by atoms with van der Waals surface area (Å²) in [5, 5.41) is 1.33. The van der Waals surface area contributed by atoms with Gasteiger partial charge in [-0.25, -0.2) is 5.84 Å². The van der Waals surface area contributed by atoms with Crippen LogP contribution in [0, 0.1) is 0 Å². The van der Waals surface area contributed by atoms with Gasteiger partial charge >= 0.3 is 0 Å². The van der Waals surface area contributed by atoms with E-state index in [0.717, 1.165) is 18.4 Å². The predicted octanol–water partition coefficient (Wildman–Crippen LogP) is 2.29. The molecule has 0 spiro atoms. The van der Waals surface area contributed by atoms with E-state index in [9.17, 15) is 4.79 Å². The van der Waals surface area contributed by atoms with Gasteiger partial charge in [-0.3, -0.25) is 9.80 Å². The molecule has 1 rings (SSSR count). The summed E-state index contributed by atoms with van der Waals surface area (Å²) in [7, 11) is 0. The molecule has 1 atom stereocenters. The average Bonchev–Trinajstić information content (AvgIpc) is 2.35. The van der Waals surface area contributed by atoms with Crippen LogP contribution in [0.1, 0.15) is 38.2 Å². The van der Waals surface area contributed by atoms with Gasteiger partial charge in [0.05, 0.1) is 5.92 Å². The molecule has 0 heterocycles. The predicted molar refractivity (Wildman–Crippen MR) is 65.7 cm³/mol. The highest BCUT2D eigenvalue weighted by molar-refractivity contribution is 5.82. The summed E-state index contributed by atoms with van der Waals surface area (Å²) >= 11 is 0. The quantitative estimate of drug-likeness (QED) is 0.470. The molecule has 0 aliphatic heterocycles. The molecule has 0 aromatic heterocycles. The second-order valence-corrected chi connectivity index (χ2v) is 4.02. The number of nitrogens with zero attached hydrogens (tertiary/aromatic N) is 1. The van der Waals surface area contributed by atoms with Gasteiger partial charge in [0.1, 0.15) is 0 Å². The number of nitrogens with two attached hydrogens (primary N) is 1. The Morgan fingerprint density at radius 1 is 1.38 bits per heavy atom. The first kappa shape index (κ1) is 12.7. The topological polar surface area (TPSA) is 46.3 Å². The fourth-order valence-corrected chi connectivity index (χ4v) is 1.57. The van der Waals surface area contributed by atoms with Crippen LogP contribution >= 0.6 is 0 Å². The van der Waals surface area contributed by atoms with E-state index in [-0.39, 0.29) is 11.8 Å². The summed E-state index contributed by atoms with van der Waals surface area (Å²) in [5.41, 5.74) is 1.01. The molecule has 1 amide bonds. The molecule has 0 radical (unpaired) electrons. The van der Waals surface area contributed by atoms with Crippen LogP contribution in [0.2, 0.25) is 0 Å². The molecule has 1 aromatic carbocycles. The SMILES string of the molecule is CCCCN(N)C(=O)C(C)c1ccccc1. The molecule has 0 saturated carbocycles. The number of unbranched alkanes of at least 4 members (excludes halogenated alkanes) is 1. The third kappa shape index (κ3) is 3.35. The first-order chi connectivity index (χ1) is 7.66. The highest BCUT2D eigenvalue weighted by Crippen LogP contribution is 2.16. The first-order valence-corrected chi connectivity index (χ1v) is 5.77. The Hall–Kier alpha value is -1.35. The Labute approximate surface area is 97.2 Å². The Bertz CT molecular complexity index is 324. The van der Waals surface area contributed by atoms with Gasteiger partial charge < -0.3 is 0 Å². The normalized spacial score (nSPS) is 12.2. The molecule has 3 heteroatoms. The molecule has 2 N–H and O–H groups in total. The van der Waals surface area contributed by atoms with E-state index in [1.54, 1.807) is 0 Å². The van der Waals surface area contributed by atoms with Crippen LogP contribution < -0.4 is 5.84 Å². The Morgan fingerprint density at radius 3 is 2.56 bits per heavy atom. The number of carbonyl (C=O) groups excluding carboxylic acids is 1. The number of rotatable bonds is 5. The summed E-state index contributed by atoms with van der Waals surface area (Å²) in [6, 6.07) is 9.72. The van der Waals surface area contributed by atoms with E-state index in [1.165, 1.54) is 5.01 Å². The number of hydrazine groups is 1. The maximum atomic E-state index is 12.0. The molecule has 0 aliphatic carbocycles. The van der Waals surface area contributed by atoms with Crippen molar-refractivity contribution in [1.82, 2.24) is 5.01 Å². The summed E-state index contributed by atoms with van der Waals surface area (Å²) in [6.45, 7) is 4.61. The summed E-state index contributed by atoms with van der Waals surface area (Å²) < 4.78 is 0. The third-order valence-corrected chi connectivity index (χ3v) is 2.71. The Balaban J connectivity index is 2.60. The van der Waals surface area contributed by atoms with E-state index in [1.807, 2.05) is 37.3 Å². The van der Waals surface area contributed by atoms with Crippen LogP contribution in [-0.4, -0.2) is 17.5 Å². The average molecular weight is 220 g/mol. The van der Waals surface area contributed by atoms with Crippen molar-refractivity contribution in [3.63, 3.8) is 0 Å². The van der Waals surface area contributed by atoms with Crippen LogP contribution in [0.5, 0.6) is 0 Å². The van der Waals surface area contributed by atoms with Crippen molar-refractivity contribution in [1.29, 1.82) is 0 Å². The lowest BCUT2D eigenvalue weighted by Crippen LogP contribution is -2.40. The molecule has 16 heavy (non-hydrogen) atoms. The zero-order chi connectivity index (χ0) is 12.0. The zero-order valence-electron chi connectivity index (χ0n) is 10.0. The van der Waals surface area contributed by atoms with Gasteiger partial charge in [0.15, 0.2) is 0 Å². The van der Waals surface area contributed by atoms with Gasteiger partial charge in [0, 0.05) is 6.54 Å². The Kier molecular flexibility index (Phi) is 4.99. The van der Waals surface area contributed by atoms with E-state index in [4.69, 9.17) is 5.84 Å². The third-order valence-electron chi connectivity index (χ3n) is 2.71. The van der Waals surface area contributed by atoms with Gasteiger partial charge in [-0.2, -0.15) is 0 Å². The summed E-state index contributed by atoms with van der Waals surface area (Å²) in [4.78, 5) is 12.0. The minimum Gasteiger partial charge on any atom is -0.280 e. The lowest BCUT2D eigenvalue weighted by molar-refractivity contribution is -0.132. The van der Waals surface area contributed by atoms with Crippen molar-refractivity contribution < 1.29 is 4.79 Å². The van der Waals surface area contributed by atoms with Gasteiger partial charge in [-0.05, 0) is 18.9 Å². The fourth-order valence-electron chi connectivity index (χ4n) is 1.57. The van der Waals surface area contributed by atoms with Gasteiger partial charge in [0.2, 0.25) is 5.91 Å². The van der Waals surface area contributed by atoms with E-state index < -0.39 is 0 Å². The number of amides is 1. The van der Waals surface area contributed by atoms with Gasteiger partial charge in [-0.15, -0.1) is 0 Å². The minimum atomic E-state index is -0.164. The smallest absolute Gasteiger partial charge is 0.243 e. The first-order valence-electron chi connectivity index (χ1n) is 5.77. The van der Waals surface area contributed by atoms with Crippen molar-refractivity contribution in [3.8, 4) is 0 Å². The molecular formula is C13H20N2O. The van der Waals surface area contributed by atoms with Crippen molar-refractivity contribution >= 4 is 5.91 Å². The highest BCUT2D eigenvalue weighted by atomic mass is 16.2. The second kappa shape index (κ2) is 6.28. The second-order valence-electron chi connectivity index (χ2n) is 4.02. The van der Waals surface area contributed by atoms with E-state index in [2.05, 4.69) is 6.92 Å². The molecule has 0 aliphatic rings. The van der Waals surface area contributed by atoms with Crippen LogP contribution in [0.4, 0.5) is 0 Å². The van der Waals surface area contributed by atoms with Crippen LogP contribution in [0.25, 0.3) is 0 Å². The summed E-state index contributed by atoms with van der Waals surface area (Å²) in [5.74, 6) is 5.55. The van der Waals surface area contributed by atoms with Crippen molar-refractivity contribution in [3.05, 3.63) is 35.9 Å². The number of benzene rings is 1. The number of hydrogen-bond donors (Lipinski definition) is 1. The largest absolute Gasteiger partial charge is 0.280 e. The van der Waals surface area contributed by atoms with E-state index >= 15 is 0 Å². The lowest BCUT2D eigenvalue weighted by Gasteiger charge is -2.20. The van der Waals surface area contributed by atoms with Crippen molar-refractivity contribution in [2.75, 3.05) is 6.54 Å². The lowest BCUT2D eigenvalue weighted by atomic mass is 10.0. The van der Waals surface area contributed by atoms with Crippen molar-refractivity contribution in [2.45, 2.75) is 32.6 Å². The number of carbonyl (C=O) groups is 1. The van der Waals surface area contributed by atoms with Gasteiger partial charge in [0.25, 0.3) is 0 Å². The van der Waals surface area contributed by atoms with Crippen LogP contribution in [-0.2, 0) is 4.79 Å². The van der Waals surface area contributed by atoms with Crippen molar-refractivity contribution in [2.24, 2.45) is 5.84 Å². The molecule has 0 bridgehead atoms. The molecule has 1 aromatic rings. The van der Waals surface area contributed by atoms with Gasteiger partial charge in [-0.1, -0.05) is 43.7 Å². The maximum Gasteiger partial charge on any atom is 0.243 e. The van der Waals surface area contributed by atoms with E-state index in [0.29, 0.717) is 6.54 Å². The molecule has 3 nitrogen and oxygen atoms in total. The highest BCUT2D eigenvalue weighted by Gasteiger charge is 2.18.